The summed E-state index contributed by atoms with van der Waals surface area (Å²) in [4.78, 5) is 4.02. The number of nitrogens with one attached hydrogen (secondary N) is 1. The Morgan fingerprint density at radius 1 is 1.17 bits per heavy atom. The highest BCUT2D eigenvalue weighted by atomic mass is 19.4. The third kappa shape index (κ3) is 3.29. The van der Waals surface area contributed by atoms with Gasteiger partial charge in [0, 0.05) is 17.8 Å². The van der Waals surface area contributed by atoms with E-state index in [1.54, 1.807) is 0 Å². The summed E-state index contributed by atoms with van der Waals surface area (Å²) in [6.45, 7) is 0. The van der Waals surface area contributed by atoms with Crippen LogP contribution >= 0.6 is 0 Å². The first kappa shape index (κ1) is 15.8. The molecule has 0 unspecified atom stereocenters. The quantitative estimate of drug-likeness (QED) is 0.726. The molecule has 0 spiro atoms. The van der Waals surface area contributed by atoms with Gasteiger partial charge in [-0.2, -0.15) is 4.98 Å². The maximum absolute atomic E-state index is 13.7. The maximum Gasteiger partial charge on any atom is 0.573 e. The average molecular weight is 344 g/mol. The Balaban J connectivity index is 1.89. The second kappa shape index (κ2) is 5.83. The lowest BCUT2D eigenvalue weighted by molar-refractivity contribution is -0.275. The van der Waals surface area contributed by atoms with Crippen LogP contribution in [-0.4, -0.2) is 28.8 Å². The number of methoxy groups -OCH3 is 1. The van der Waals surface area contributed by atoms with E-state index in [4.69, 9.17) is 4.74 Å². The standard InChI is InChI=1S/C13H8F4N4O3/c1-22-12-9(5-8-11(19-12)21-24-20-8)18-6-2-3-10(7(14)4-6)23-13(15,16)17/h2-5,18H,1H3. The summed E-state index contributed by atoms with van der Waals surface area (Å²) in [5.41, 5.74) is 0.968. The highest BCUT2D eigenvalue weighted by Crippen LogP contribution is 2.31. The molecule has 0 aliphatic rings. The topological polar surface area (TPSA) is 82.3 Å². The van der Waals surface area contributed by atoms with E-state index in [0.717, 1.165) is 12.1 Å². The zero-order valence-corrected chi connectivity index (χ0v) is 11.9. The molecule has 0 bridgehead atoms. The minimum atomic E-state index is -4.98. The molecule has 0 saturated heterocycles. The van der Waals surface area contributed by atoms with E-state index in [1.807, 2.05) is 0 Å². The van der Waals surface area contributed by atoms with Crippen molar-refractivity contribution in [2.75, 3.05) is 12.4 Å². The molecule has 24 heavy (non-hydrogen) atoms. The van der Waals surface area contributed by atoms with Crippen molar-refractivity contribution in [1.29, 1.82) is 0 Å². The van der Waals surface area contributed by atoms with Crippen LogP contribution in [0.2, 0.25) is 0 Å². The average Bonchev–Trinajstić information content (AvgIpc) is 2.95. The predicted molar refractivity (Wildman–Crippen MR) is 72.5 cm³/mol. The number of rotatable bonds is 4. The van der Waals surface area contributed by atoms with Crippen molar-refractivity contribution >= 4 is 22.5 Å². The van der Waals surface area contributed by atoms with Crippen LogP contribution in [0.5, 0.6) is 11.6 Å². The van der Waals surface area contributed by atoms with Gasteiger partial charge in [0.2, 0.25) is 11.5 Å². The molecule has 3 rings (SSSR count). The van der Waals surface area contributed by atoms with Gasteiger partial charge in [-0.25, -0.2) is 9.02 Å². The number of benzene rings is 1. The largest absolute Gasteiger partial charge is 0.573 e. The number of anilines is 2. The minimum Gasteiger partial charge on any atom is -0.479 e. The lowest BCUT2D eigenvalue weighted by Crippen LogP contribution is -2.17. The Hall–Kier alpha value is -3.11. The molecule has 0 atom stereocenters. The fraction of sp³-hybridized carbons (Fsp3) is 0.154. The van der Waals surface area contributed by atoms with Crippen LogP contribution in [0.15, 0.2) is 28.9 Å². The van der Waals surface area contributed by atoms with E-state index in [9.17, 15) is 17.6 Å². The predicted octanol–water partition coefficient (Wildman–Crippen LogP) is 3.41. The van der Waals surface area contributed by atoms with Crippen molar-refractivity contribution in [1.82, 2.24) is 15.3 Å². The summed E-state index contributed by atoms with van der Waals surface area (Å²) in [7, 11) is 1.35. The molecule has 3 aromatic rings. The van der Waals surface area contributed by atoms with E-state index in [-0.39, 0.29) is 17.2 Å². The fourth-order valence-corrected chi connectivity index (χ4v) is 1.90. The van der Waals surface area contributed by atoms with Crippen LogP contribution in [0.1, 0.15) is 0 Å². The van der Waals surface area contributed by atoms with Crippen molar-refractivity contribution in [3.63, 3.8) is 0 Å². The Kier molecular flexibility index (Phi) is 3.83. The summed E-state index contributed by atoms with van der Waals surface area (Å²) in [5.74, 6) is -2.00. The Bertz CT molecular complexity index is 881. The van der Waals surface area contributed by atoms with Gasteiger partial charge in [-0.05, 0) is 22.4 Å². The number of hydrogen-bond acceptors (Lipinski definition) is 7. The maximum atomic E-state index is 13.7. The molecule has 0 aliphatic carbocycles. The lowest BCUT2D eigenvalue weighted by atomic mass is 10.2. The Morgan fingerprint density at radius 2 is 1.96 bits per heavy atom. The first-order valence-corrected chi connectivity index (χ1v) is 6.35. The lowest BCUT2D eigenvalue weighted by Gasteiger charge is -2.12. The van der Waals surface area contributed by atoms with E-state index >= 15 is 0 Å². The van der Waals surface area contributed by atoms with Gasteiger partial charge >= 0.3 is 6.36 Å². The second-order valence-electron chi connectivity index (χ2n) is 4.47. The van der Waals surface area contributed by atoms with Gasteiger partial charge in [0.25, 0.3) is 0 Å². The summed E-state index contributed by atoms with van der Waals surface area (Å²) in [5, 5.41) is 9.91. The van der Waals surface area contributed by atoms with Crippen LogP contribution < -0.4 is 14.8 Å². The zero-order chi connectivity index (χ0) is 17.3. The fourth-order valence-electron chi connectivity index (χ4n) is 1.90. The van der Waals surface area contributed by atoms with Crippen LogP contribution in [0.3, 0.4) is 0 Å². The van der Waals surface area contributed by atoms with Crippen LogP contribution in [0, 0.1) is 5.82 Å². The van der Waals surface area contributed by atoms with E-state index in [2.05, 4.69) is 30.0 Å². The number of aromatic nitrogens is 3. The second-order valence-corrected chi connectivity index (χ2v) is 4.47. The number of halogens is 4. The smallest absolute Gasteiger partial charge is 0.479 e. The van der Waals surface area contributed by atoms with Gasteiger partial charge in [-0.3, -0.25) is 0 Å². The van der Waals surface area contributed by atoms with E-state index in [1.165, 1.54) is 19.2 Å². The molecule has 0 amide bonds. The van der Waals surface area contributed by atoms with Crippen LogP contribution in [-0.2, 0) is 0 Å². The van der Waals surface area contributed by atoms with Gasteiger partial charge in [-0.1, -0.05) is 0 Å². The number of pyridine rings is 1. The molecule has 2 heterocycles. The van der Waals surface area contributed by atoms with Crippen molar-refractivity contribution in [2.45, 2.75) is 6.36 Å². The molecule has 1 N–H and O–H groups in total. The van der Waals surface area contributed by atoms with Crippen molar-refractivity contribution in [3.05, 3.63) is 30.1 Å². The summed E-state index contributed by atoms with van der Waals surface area (Å²) in [6.07, 6.45) is -4.98. The SMILES string of the molecule is COc1nc2nonc2cc1Nc1ccc(OC(F)(F)F)c(F)c1. The Labute approximate surface area is 131 Å². The molecule has 11 heteroatoms. The van der Waals surface area contributed by atoms with E-state index < -0.39 is 17.9 Å². The molecular formula is C13H8F4N4O3. The number of ether oxygens (including phenoxy) is 2. The number of nitrogens with zero attached hydrogens (tertiary/aromatic N) is 3. The molecule has 0 saturated carbocycles. The first-order valence-electron chi connectivity index (χ1n) is 6.35. The van der Waals surface area contributed by atoms with Crippen molar-refractivity contribution < 1.29 is 31.7 Å². The van der Waals surface area contributed by atoms with Crippen molar-refractivity contribution in [2.24, 2.45) is 0 Å². The Morgan fingerprint density at radius 3 is 2.62 bits per heavy atom. The molecule has 2 aromatic heterocycles. The zero-order valence-electron chi connectivity index (χ0n) is 11.9. The van der Waals surface area contributed by atoms with Gasteiger partial charge in [0.1, 0.15) is 5.69 Å². The number of fused-ring (bicyclic) bond motifs is 1. The molecule has 0 fully saturated rings. The van der Waals surface area contributed by atoms with Gasteiger partial charge in [0.05, 0.1) is 7.11 Å². The minimum absolute atomic E-state index is 0.120. The highest BCUT2D eigenvalue weighted by Gasteiger charge is 2.32. The molecule has 1 aromatic carbocycles. The summed E-state index contributed by atoms with van der Waals surface area (Å²) >= 11 is 0. The van der Waals surface area contributed by atoms with Gasteiger partial charge in [0.15, 0.2) is 17.1 Å². The third-order valence-electron chi connectivity index (χ3n) is 2.84. The monoisotopic (exact) mass is 344 g/mol. The highest BCUT2D eigenvalue weighted by molar-refractivity contribution is 5.78. The van der Waals surface area contributed by atoms with Crippen LogP contribution in [0.25, 0.3) is 11.2 Å². The van der Waals surface area contributed by atoms with Gasteiger partial charge in [-0.15, -0.1) is 13.2 Å². The normalized spacial score (nSPS) is 11.5. The van der Waals surface area contributed by atoms with Crippen molar-refractivity contribution in [3.8, 4) is 11.6 Å². The third-order valence-corrected chi connectivity index (χ3v) is 2.84. The summed E-state index contributed by atoms with van der Waals surface area (Å²) in [6, 6.07) is 4.37. The molecule has 7 nitrogen and oxygen atoms in total. The van der Waals surface area contributed by atoms with E-state index in [0.29, 0.717) is 11.2 Å². The number of hydrogen-bond donors (Lipinski definition) is 1. The first-order chi connectivity index (χ1) is 11.4. The molecule has 0 radical (unpaired) electrons. The molecular weight excluding hydrogens is 336 g/mol. The summed E-state index contributed by atoms with van der Waals surface area (Å²) < 4.78 is 63.3. The molecule has 126 valence electrons. The number of alkyl halides is 3. The van der Waals surface area contributed by atoms with Crippen LogP contribution in [0.4, 0.5) is 28.9 Å². The van der Waals surface area contributed by atoms with Gasteiger partial charge < -0.3 is 14.8 Å². The molecule has 0 aliphatic heterocycles.